The molecule has 3 nitrogen and oxygen atoms in total. The molecule has 158 valence electrons. The first-order valence-electron chi connectivity index (χ1n) is 10.5. The Morgan fingerprint density at radius 1 is 0.679 bits per heavy atom. The van der Waals surface area contributed by atoms with E-state index in [1.54, 1.807) is 14.2 Å². The highest BCUT2D eigenvalue weighted by molar-refractivity contribution is 5.39. The van der Waals surface area contributed by atoms with Gasteiger partial charge in [0.15, 0.2) is 0 Å². The minimum atomic E-state index is 0.759. The highest BCUT2D eigenvalue weighted by Crippen LogP contribution is 2.23. The van der Waals surface area contributed by atoms with Crippen molar-refractivity contribution in [3.05, 3.63) is 53.1 Å². The molecule has 0 radical (unpaired) electrons. The van der Waals surface area contributed by atoms with Crippen LogP contribution in [0.15, 0.2) is 36.4 Å². The smallest absolute Gasteiger partial charge is 0.122 e. The van der Waals surface area contributed by atoms with Crippen molar-refractivity contribution in [1.29, 1.82) is 0 Å². The SMILES string of the molecule is CC.CC.COc1ccc(CCCCCOc2ccc(OC)cc2C)c(C)c1. The van der Waals surface area contributed by atoms with E-state index < -0.39 is 0 Å². The molecule has 0 bridgehead atoms. The second kappa shape index (κ2) is 15.9. The van der Waals surface area contributed by atoms with Gasteiger partial charge in [-0.15, -0.1) is 0 Å². The summed E-state index contributed by atoms with van der Waals surface area (Å²) in [6, 6.07) is 12.2. The molecule has 28 heavy (non-hydrogen) atoms. The minimum absolute atomic E-state index is 0.759. The Bertz CT molecular complexity index is 593. The van der Waals surface area contributed by atoms with E-state index in [4.69, 9.17) is 14.2 Å². The number of unbranched alkanes of at least 4 members (excludes halogenated alkanes) is 2. The Hall–Kier alpha value is -2.16. The third kappa shape index (κ3) is 9.16. The Kier molecular flexibility index (Phi) is 14.6. The van der Waals surface area contributed by atoms with E-state index in [9.17, 15) is 0 Å². The summed E-state index contributed by atoms with van der Waals surface area (Å²) in [5.41, 5.74) is 3.82. The Morgan fingerprint density at radius 2 is 1.25 bits per heavy atom. The molecule has 0 amide bonds. The molecular formula is C25H40O3. The zero-order chi connectivity index (χ0) is 21.4. The molecule has 0 spiro atoms. The van der Waals surface area contributed by atoms with Gasteiger partial charge in [-0.1, -0.05) is 33.8 Å². The van der Waals surface area contributed by atoms with Crippen molar-refractivity contribution in [3.63, 3.8) is 0 Å². The summed E-state index contributed by atoms with van der Waals surface area (Å²) in [7, 11) is 3.39. The molecule has 0 fully saturated rings. The molecule has 0 aliphatic rings. The van der Waals surface area contributed by atoms with Crippen LogP contribution in [0.25, 0.3) is 0 Å². The maximum absolute atomic E-state index is 5.87. The molecule has 2 aromatic carbocycles. The molecule has 0 heterocycles. The van der Waals surface area contributed by atoms with Crippen molar-refractivity contribution in [2.45, 2.75) is 67.2 Å². The van der Waals surface area contributed by atoms with Crippen LogP contribution in [0, 0.1) is 13.8 Å². The van der Waals surface area contributed by atoms with Crippen LogP contribution in [0.5, 0.6) is 17.2 Å². The minimum Gasteiger partial charge on any atom is -0.497 e. The normalized spacial score (nSPS) is 9.43. The molecule has 2 rings (SSSR count). The third-order valence-corrected chi connectivity index (χ3v) is 4.28. The molecule has 0 N–H and O–H groups in total. The maximum atomic E-state index is 5.87. The molecule has 0 saturated carbocycles. The Balaban J connectivity index is 0.00000171. The summed E-state index contributed by atoms with van der Waals surface area (Å²) < 4.78 is 16.3. The maximum Gasteiger partial charge on any atom is 0.122 e. The first-order chi connectivity index (χ1) is 13.6. The van der Waals surface area contributed by atoms with E-state index in [1.165, 1.54) is 24.0 Å². The molecular weight excluding hydrogens is 348 g/mol. The summed E-state index contributed by atoms with van der Waals surface area (Å²) in [5.74, 6) is 2.75. The van der Waals surface area contributed by atoms with Crippen molar-refractivity contribution in [1.82, 2.24) is 0 Å². The quantitative estimate of drug-likeness (QED) is 0.426. The number of methoxy groups -OCH3 is 2. The van der Waals surface area contributed by atoms with Crippen molar-refractivity contribution in [2.75, 3.05) is 20.8 Å². The summed E-state index contributed by atoms with van der Waals surface area (Å²) >= 11 is 0. The van der Waals surface area contributed by atoms with E-state index in [0.29, 0.717) is 0 Å². The molecule has 0 aromatic heterocycles. The van der Waals surface area contributed by atoms with Crippen LogP contribution in [0.1, 0.15) is 63.6 Å². The van der Waals surface area contributed by atoms with Crippen LogP contribution in [-0.4, -0.2) is 20.8 Å². The van der Waals surface area contributed by atoms with Crippen molar-refractivity contribution >= 4 is 0 Å². The summed E-state index contributed by atoms with van der Waals surface area (Å²) in [5, 5.41) is 0. The van der Waals surface area contributed by atoms with Gasteiger partial charge in [0.2, 0.25) is 0 Å². The van der Waals surface area contributed by atoms with E-state index in [0.717, 1.165) is 42.3 Å². The number of benzene rings is 2. The van der Waals surface area contributed by atoms with E-state index in [-0.39, 0.29) is 0 Å². The van der Waals surface area contributed by atoms with Gasteiger partial charge in [0.1, 0.15) is 17.2 Å². The van der Waals surface area contributed by atoms with Gasteiger partial charge in [-0.2, -0.15) is 0 Å². The van der Waals surface area contributed by atoms with Gasteiger partial charge in [-0.3, -0.25) is 0 Å². The predicted octanol–water partition coefficient (Wildman–Crippen LogP) is 7.16. The van der Waals surface area contributed by atoms with Crippen molar-refractivity contribution in [3.8, 4) is 17.2 Å². The van der Waals surface area contributed by atoms with E-state index in [1.807, 2.05) is 58.9 Å². The molecule has 0 aliphatic heterocycles. The van der Waals surface area contributed by atoms with Crippen LogP contribution < -0.4 is 14.2 Å². The summed E-state index contributed by atoms with van der Waals surface area (Å²) in [4.78, 5) is 0. The number of rotatable bonds is 9. The first-order valence-corrected chi connectivity index (χ1v) is 10.5. The highest BCUT2D eigenvalue weighted by atomic mass is 16.5. The molecule has 3 heteroatoms. The predicted molar refractivity (Wildman–Crippen MR) is 121 cm³/mol. The van der Waals surface area contributed by atoms with Gasteiger partial charge >= 0.3 is 0 Å². The zero-order valence-corrected chi connectivity index (χ0v) is 19.2. The van der Waals surface area contributed by atoms with Crippen LogP contribution in [0.3, 0.4) is 0 Å². The molecule has 0 saturated heterocycles. The fraction of sp³-hybridized carbons (Fsp3) is 0.520. The van der Waals surface area contributed by atoms with Crippen molar-refractivity contribution in [2.24, 2.45) is 0 Å². The number of ether oxygens (including phenoxy) is 3. The van der Waals surface area contributed by atoms with E-state index in [2.05, 4.69) is 19.1 Å². The number of aryl methyl sites for hydroxylation is 3. The topological polar surface area (TPSA) is 27.7 Å². The average molecular weight is 389 g/mol. The second-order valence-electron chi connectivity index (χ2n) is 6.08. The lowest BCUT2D eigenvalue weighted by Gasteiger charge is -2.11. The second-order valence-corrected chi connectivity index (χ2v) is 6.08. The van der Waals surface area contributed by atoms with Crippen LogP contribution in [-0.2, 0) is 6.42 Å². The van der Waals surface area contributed by atoms with Gasteiger partial charge in [0.05, 0.1) is 20.8 Å². The average Bonchev–Trinajstić information content (AvgIpc) is 2.75. The molecule has 0 aliphatic carbocycles. The van der Waals surface area contributed by atoms with Crippen LogP contribution >= 0.6 is 0 Å². The fourth-order valence-corrected chi connectivity index (χ4v) is 2.76. The van der Waals surface area contributed by atoms with Crippen LogP contribution in [0.2, 0.25) is 0 Å². The van der Waals surface area contributed by atoms with Gasteiger partial charge in [-0.05, 0) is 86.6 Å². The van der Waals surface area contributed by atoms with Gasteiger partial charge < -0.3 is 14.2 Å². The lowest BCUT2D eigenvalue weighted by Crippen LogP contribution is -2.00. The molecule has 0 atom stereocenters. The van der Waals surface area contributed by atoms with Crippen molar-refractivity contribution < 1.29 is 14.2 Å². The van der Waals surface area contributed by atoms with E-state index >= 15 is 0 Å². The zero-order valence-electron chi connectivity index (χ0n) is 19.2. The molecule has 0 unspecified atom stereocenters. The Labute approximate surface area is 173 Å². The van der Waals surface area contributed by atoms with Gasteiger partial charge in [0, 0.05) is 0 Å². The summed E-state index contributed by atoms with van der Waals surface area (Å²) in [6.07, 6.45) is 4.52. The lowest BCUT2D eigenvalue weighted by atomic mass is 10.0. The highest BCUT2D eigenvalue weighted by Gasteiger charge is 2.03. The largest absolute Gasteiger partial charge is 0.497 e. The standard InChI is InChI=1S/C21H28O3.2C2H6/c1-16-14-19(22-3)10-9-18(16)8-6-5-7-13-24-21-12-11-20(23-4)15-17(21)2;2*1-2/h9-12,14-15H,5-8,13H2,1-4H3;2*1-2H3. The monoisotopic (exact) mass is 388 g/mol. The number of hydrogen-bond donors (Lipinski definition) is 0. The molecule has 2 aromatic rings. The van der Waals surface area contributed by atoms with Crippen LogP contribution in [0.4, 0.5) is 0 Å². The third-order valence-electron chi connectivity index (χ3n) is 4.28. The Morgan fingerprint density at radius 3 is 1.79 bits per heavy atom. The summed E-state index contributed by atoms with van der Waals surface area (Å²) in [6.45, 7) is 13.0. The lowest BCUT2D eigenvalue weighted by molar-refractivity contribution is 0.302. The van der Waals surface area contributed by atoms with Gasteiger partial charge in [-0.25, -0.2) is 0 Å². The number of hydrogen-bond acceptors (Lipinski definition) is 3. The first kappa shape index (κ1) is 25.8. The van der Waals surface area contributed by atoms with Gasteiger partial charge in [0.25, 0.3) is 0 Å². The fourth-order valence-electron chi connectivity index (χ4n) is 2.76.